The number of urea groups is 1. The number of carbonyl (C=O) groups excluding carboxylic acids is 1. The van der Waals surface area contributed by atoms with Crippen molar-refractivity contribution < 1.29 is 14.6 Å². The Labute approximate surface area is 149 Å². The van der Waals surface area contributed by atoms with E-state index in [0.29, 0.717) is 19.5 Å². The van der Waals surface area contributed by atoms with Crippen molar-refractivity contribution in [3.05, 3.63) is 65.7 Å². The highest BCUT2D eigenvalue weighted by Crippen LogP contribution is 2.20. The molecule has 2 atom stereocenters. The number of para-hydroxylation sites is 1. The number of ether oxygens (including phenoxy) is 1. The third kappa shape index (κ3) is 6.12. The van der Waals surface area contributed by atoms with Crippen LogP contribution in [0.15, 0.2) is 54.6 Å². The van der Waals surface area contributed by atoms with Gasteiger partial charge in [-0.05, 0) is 25.0 Å². The van der Waals surface area contributed by atoms with E-state index in [0.717, 1.165) is 16.9 Å². The molecule has 3 N–H and O–H groups in total. The Morgan fingerprint density at radius 1 is 1.08 bits per heavy atom. The first-order valence-corrected chi connectivity index (χ1v) is 8.46. The molecule has 0 spiro atoms. The number of nitrogens with one attached hydrogen (secondary N) is 2. The lowest BCUT2D eigenvalue weighted by Crippen LogP contribution is -2.38. The number of carbonyl (C=O) groups is 1. The van der Waals surface area contributed by atoms with Crippen molar-refractivity contribution in [2.24, 2.45) is 0 Å². The lowest BCUT2D eigenvalue weighted by Gasteiger charge is -2.20. The van der Waals surface area contributed by atoms with Gasteiger partial charge >= 0.3 is 6.03 Å². The summed E-state index contributed by atoms with van der Waals surface area (Å²) >= 11 is 0. The van der Waals surface area contributed by atoms with Crippen LogP contribution in [0, 0.1) is 0 Å². The number of hydrogen-bond donors (Lipinski definition) is 3. The highest BCUT2D eigenvalue weighted by Gasteiger charge is 2.15. The molecule has 0 saturated heterocycles. The maximum atomic E-state index is 12.1. The maximum Gasteiger partial charge on any atom is 0.315 e. The summed E-state index contributed by atoms with van der Waals surface area (Å²) in [7, 11) is 1.61. The van der Waals surface area contributed by atoms with Crippen molar-refractivity contribution in [2.45, 2.75) is 31.9 Å². The van der Waals surface area contributed by atoms with E-state index < -0.39 is 6.10 Å². The lowest BCUT2D eigenvalue weighted by molar-refractivity contribution is 0.173. The summed E-state index contributed by atoms with van der Waals surface area (Å²) in [6, 6.07) is 17.3. The number of hydrogen-bond acceptors (Lipinski definition) is 3. The van der Waals surface area contributed by atoms with Crippen LogP contribution in [0.25, 0.3) is 0 Å². The van der Waals surface area contributed by atoms with Crippen molar-refractivity contribution in [1.82, 2.24) is 10.6 Å². The minimum atomic E-state index is -0.427. The molecule has 5 heteroatoms. The van der Waals surface area contributed by atoms with Gasteiger partial charge in [-0.3, -0.25) is 0 Å². The predicted molar refractivity (Wildman–Crippen MR) is 98.7 cm³/mol. The fourth-order valence-corrected chi connectivity index (χ4v) is 2.78. The van der Waals surface area contributed by atoms with Gasteiger partial charge < -0.3 is 20.5 Å². The molecule has 0 aliphatic rings. The van der Waals surface area contributed by atoms with Gasteiger partial charge in [0, 0.05) is 24.6 Å². The number of amides is 2. The zero-order chi connectivity index (χ0) is 18.1. The molecule has 2 rings (SSSR count). The SMILES string of the molecule is COc1ccccc1CNC(=O)NCC(CC(C)O)c1ccccc1. The van der Waals surface area contributed by atoms with E-state index in [4.69, 9.17) is 4.74 Å². The second kappa shape index (κ2) is 9.69. The van der Waals surface area contributed by atoms with E-state index in [-0.39, 0.29) is 11.9 Å². The average molecular weight is 342 g/mol. The first-order valence-electron chi connectivity index (χ1n) is 8.46. The number of methoxy groups -OCH3 is 1. The van der Waals surface area contributed by atoms with Gasteiger partial charge in [-0.2, -0.15) is 0 Å². The maximum absolute atomic E-state index is 12.1. The zero-order valence-corrected chi connectivity index (χ0v) is 14.7. The van der Waals surface area contributed by atoms with E-state index >= 15 is 0 Å². The molecule has 0 fully saturated rings. The van der Waals surface area contributed by atoms with Gasteiger partial charge in [-0.1, -0.05) is 48.5 Å². The molecule has 2 amide bonds. The standard InChI is InChI=1S/C20H26N2O3/c1-15(23)12-18(16-8-4-3-5-9-16)14-22-20(24)21-13-17-10-6-7-11-19(17)25-2/h3-11,15,18,23H,12-14H2,1-2H3,(H2,21,22,24). The van der Waals surface area contributed by atoms with Crippen LogP contribution in [0.2, 0.25) is 0 Å². The Hall–Kier alpha value is -2.53. The van der Waals surface area contributed by atoms with Crippen molar-refractivity contribution in [2.75, 3.05) is 13.7 Å². The topological polar surface area (TPSA) is 70.6 Å². The first kappa shape index (κ1) is 18.8. The van der Waals surface area contributed by atoms with E-state index in [9.17, 15) is 9.90 Å². The molecule has 0 aliphatic heterocycles. The fourth-order valence-electron chi connectivity index (χ4n) is 2.78. The summed E-state index contributed by atoms with van der Waals surface area (Å²) in [6.07, 6.45) is 0.167. The first-order chi connectivity index (χ1) is 12.1. The molecular formula is C20H26N2O3. The van der Waals surface area contributed by atoms with E-state index in [2.05, 4.69) is 10.6 Å². The molecule has 0 bridgehead atoms. The predicted octanol–water partition coefficient (Wildman–Crippen LogP) is 3.05. The average Bonchev–Trinajstić information content (AvgIpc) is 2.64. The van der Waals surface area contributed by atoms with Crippen molar-refractivity contribution >= 4 is 6.03 Å². The molecule has 0 saturated carbocycles. The molecule has 0 heterocycles. The molecule has 0 aromatic heterocycles. The molecule has 25 heavy (non-hydrogen) atoms. The van der Waals surface area contributed by atoms with Gasteiger partial charge in [-0.15, -0.1) is 0 Å². The number of benzene rings is 2. The van der Waals surface area contributed by atoms with E-state index in [1.807, 2.05) is 54.6 Å². The molecular weight excluding hydrogens is 316 g/mol. The van der Waals surface area contributed by atoms with Gasteiger partial charge in [0.25, 0.3) is 0 Å². The summed E-state index contributed by atoms with van der Waals surface area (Å²) in [5.41, 5.74) is 2.03. The third-order valence-corrected chi connectivity index (χ3v) is 4.04. The second-order valence-corrected chi connectivity index (χ2v) is 6.07. The number of aliphatic hydroxyl groups is 1. The molecule has 134 valence electrons. The van der Waals surface area contributed by atoms with Crippen LogP contribution in [0.4, 0.5) is 4.79 Å². The minimum Gasteiger partial charge on any atom is -0.496 e. The molecule has 2 aromatic rings. The molecule has 0 radical (unpaired) electrons. The quantitative estimate of drug-likeness (QED) is 0.690. The van der Waals surface area contributed by atoms with Gasteiger partial charge in [0.15, 0.2) is 0 Å². The highest BCUT2D eigenvalue weighted by molar-refractivity contribution is 5.74. The van der Waals surface area contributed by atoms with Crippen LogP contribution >= 0.6 is 0 Å². The Balaban J connectivity index is 1.88. The monoisotopic (exact) mass is 342 g/mol. The molecule has 5 nitrogen and oxygen atoms in total. The van der Waals surface area contributed by atoms with E-state index in [1.165, 1.54) is 0 Å². The van der Waals surface area contributed by atoms with E-state index in [1.54, 1.807) is 14.0 Å². The fraction of sp³-hybridized carbons (Fsp3) is 0.350. The van der Waals surface area contributed by atoms with Crippen LogP contribution in [-0.4, -0.2) is 30.9 Å². The van der Waals surface area contributed by atoms with Crippen molar-refractivity contribution in [1.29, 1.82) is 0 Å². The Bertz CT molecular complexity index is 659. The summed E-state index contributed by atoms with van der Waals surface area (Å²) in [6.45, 7) is 2.62. The third-order valence-electron chi connectivity index (χ3n) is 4.04. The molecule has 2 unspecified atom stereocenters. The zero-order valence-electron chi connectivity index (χ0n) is 14.7. The van der Waals surface area contributed by atoms with Gasteiger partial charge in [0.05, 0.1) is 13.2 Å². The van der Waals surface area contributed by atoms with Gasteiger partial charge in [-0.25, -0.2) is 4.79 Å². The number of aliphatic hydroxyl groups excluding tert-OH is 1. The van der Waals surface area contributed by atoms with Crippen LogP contribution in [-0.2, 0) is 6.54 Å². The van der Waals surface area contributed by atoms with Crippen molar-refractivity contribution in [3.8, 4) is 5.75 Å². The van der Waals surface area contributed by atoms with Crippen LogP contribution in [0.1, 0.15) is 30.4 Å². The lowest BCUT2D eigenvalue weighted by atomic mass is 9.93. The Morgan fingerprint density at radius 3 is 2.44 bits per heavy atom. The molecule has 2 aromatic carbocycles. The van der Waals surface area contributed by atoms with Crippen LogP contribution in [0.5, 0.6) is 5.75 Å². The highest BCUT2D eigenvalue weighted by atomic mass is 16.5. The smallest absolute Gasteiger partial charge is 0.315 e. The van der Waals surface area contributed by atoms with Crippen LogP contribution in [0.3, 0.4) is 0 Å². The van der Waals surface area contributed by atoms with Crippen LogP contribution < -0.4 is 15.4 Å². The van der Waals surface area contributed by atoms with Gasteiger partial charge in [0.1, 0.15) is 5.75 Å². The Morgan fingerprint density at radius 2 is 1.76 bits per heavy atom. The normalized spacial score (nSPS) is 12.9. The summed E-state index contributed by atoms with van der Waals surface area (Å²) in [4.78, 5) is 12.1. The number of rotatable bonds is 8. The second-order valence-electron chi connectivity index (χ2n) is 6.07. The summed E-state index contributed by atoms with van der Waals surface area (Å²) in [5.74, 6) is 0.817. The van der Waals surface area contributed by atoms with Crippen molar-refractivity contribution in [3.63, 3.8) is 0 Å². The summed E-state index contributed by atoms with van der Waals surface area (Å²) in [5, 5.41) is 15.5. The largest absolute Gasteiger partial charge is 0.496 e. The van der Waals surface area contributed by atoms with Gasteiger partial charge in [0.2, 0.25) is 0 Å². The minimum absolute atomic E-state index is 0.0678. The Kier molecular flexibility index (Phi) is 7.29. The summed E-state index contributed by atoms with van der Waals surface area (Å²) < 4.78 is 5.28. The molecule has 0 aliphatic carbocycles.